The number of fused-ring (bicyclic) bond motifs is 1. The van der Waals surface area contributed by atoms with Gasteiger partial charge in [0.15, 0.2) is 0 Å². The van der Waals surface area contributed by atoms with Gasteiger partial charge in [-0.1, -0.05) is 38.5 Å². The predicted octanol–water partition coefficient (Wildman–Crippen LogP) is 0.184. The number of aromatic amines is 1. The van der Waals surface area contributed by atoms with Crippen molar-refractivity contribution < 1.29 is 24.3 Å². The lowest BCUT2D eigenvalue weighted by Gasteiger charge is -2.22. The number of carbonyl (C=O) groups excluding carboxylic acids is 3. The summed E-state index contributed by atoms with van der Waals surface area (Å²) >= 11 is 4.02. The highest BCUT2D eigenvalue weighted by Crippen LogP contribution is 2.19. The summed E-state index contributed by atoms with van der Waals surface area (Å²) in [5.41, 5.74) is 7.42. The minimum Gasteiger partial charge on any atom is -0.480 e. The van der Waals surface area contributed by atoms with E-state index in [1.807, 2.05) is 31.2 Å². The van der Waals surface area contributed by atoms with Gasteiger partial charge in [-0.2, -0.15) is 12.6 Å². The Kier molecular flexibility index (Phi) is 9.74. The van der Waals surface area contributed by atoms with Crippen LogP contribution in [0.3, 0.4) is 0 Å². The molecule has 3 amide bonds. The highest BCUT2D eigenvalue weighted by molar-refractivity contribution is 7.80. The number of thiol groups is 1. The molecule has 7 N–H and O–H groups in total. The van der Waals surface area contributed by atoms with Gasteiger partial charge in [-0.3, -0.25) is 14.4 Å². The molecule has 0 saturated heterocycles. The van der Waals surface area contributed by atoms with E-state index < -0.39 is 48.4 Å². The number of nitrogens with one attached hydrogen (secondary N) is 4. The molecule has 0 aliphatic carbocycles. The maximum Gasteiger partial charge on any atom is 0.326 e. The summed E-state index contributed by atoms with van der Waals surface area (Å²) in [7, 11) is 0. The highest BCUT2D eigenvalue weighted by atomic mass is 32.1. The van der Waals surface area contributed by atoms with Crippen LogP contribution in [0.2, 0.25) is 0 Å². The number of aromatic nitrogens is 1. The average Bonchev–Trinajstić information content (AvgIpc) is 3.21. The molecule has 0 saturated carbocycles. The number of nitrogens with two attached hydrogens (primary N) is 1. The van der Waals surface area contributed by atoms with Gasteiger partial charge in [0.1, 0.15) is 12.1 Å². The maximum absolute atomic E-state index is 12.9. The van der Waals surface area contributed by atoms with Crippen LogP contribution in [-0.4, -0.2) is 64.2 Å². The molecule has 2 rings (SSSR count). The summed E-state index contributed by atoms with van der Waals surface area (Å²) in [6.45, 7) is 3.11. The second kappa shape index (κ2) is 12.3. The van der Waals surface area contributed by atoms with Crippen molar-refractivity contribution >= 4 is 47.2 Å². The number of hydrogen-bond acceptors (Lipinski definition) is 6. The molecule has 0 radical (unpaired) electrons. The molecule has 33 heavy (non-hydrogen) atoms. The number of carboxylic acid groups (broad SMARTS) is 1. The minimum absolute atomic E-state index is 0.0991. The number of carbonyl (C=O) groups is 4. The number of hydrogen-bond donors (Lipinski definition) is 7. The first-order chi connectivity index (χ1) is 15.7. The van der Waals surface area contributed by atoms with Gasteiger partial charge in [-0.05, 0) is 17.5 Å². The molecule has 1 aromatic heterocycles. The van der Waals surface area contributed by atoms with Gasteiger partial charge in [0, 0.05) is 29.3 Å². The van der Waals surface area contributed by atoms with Gasteiger partial charge in [-0.25, -0.2) is 4.79 Å². The number of amides is 3. The van der Waals surface area contributed by atoms with Crippen LogP contribution in [-0.2, 0) is 25.6 Å². The Morgan fingerprint density at radius 2 is 1.85 bits per heavy atom. The average molecular weight is 478 g/mol. The van der Waals surface area contributed by atoms with E-state index in [9.17, 15) is 24.3 Å². The Bertz CT molecular complexity index is 994. The lowest BCUT2D eigenvalue weighted by molar-refractivity contribution is -0.143. The molecule has 11 heteroatoms. The first kappa shape index (κ1) is 26.2. The molecule has 1 heterocycles. The fourth-order valence-electron chi connectivity index (χ4n) is 3.29. The quantitative estimate of drug-likeness (QED) is 0.215. The second-order valence-electron chi connectivity index (χ2n) is 7.90. The number of aliphatic carboxylic acids is 1. The van der Waals surface area contributed by atoms with Gasteiger partial charge < -0.3 is 31.8 Å². The van der Waals surface area contributed by atoms with E-state index in [1.165, 1.54) is 0 Å². The molecule has 2 aromatic rings. The number of rotatable bonds is 12. The van der Waals surface area contributed by atoms with E-state index in [-0.39, 0.29) is 18.1 Å². The number of para-hydroxylation sites is 1. The molecule has 180 valence electrons. The summed E-state index contributed by atoms with van der Waals surface area (Å²) < 4.78 is 0. The normalized spacial score (nSPS) is 14.7. The van der Waals surface area contributed by atoms with Crippen LogP contribution >= 0.6 is 12.6 Å². The van der Waals surface area contributed by atoms with Crippen LogP contribution in [0.4, 0.5) is 0 Å². The third kappa shape index (κ3) is 7.22. The van der Waals surface area contributed by atoms with Crippen LogP contribution in [0.15, 0.2) is 30.5 Å². The molecule has 0 spiro atoms. The van der Waals surface area contributed by atoms with E-state index in [0.717, 1.165) is 16.5 Å². The van der Waals surface area contributed by atoms with E-state index in [0.29, 0.717) is 6.42 Å². The maximum atomic E-state index is 12.9. The van der Waals surface area contributed by atoms with Crippen molar-refractivity contribution in [2.24, 2.45) is 11.7 Å². The lowest BCUT2D eigenvalue weighted by Crippen LogP contribution is -2.55. The van der Waals surface area contributed by atoms with Crippen molar-refractivity contribution in [2.45, 2.75) is 44.8 Å². The summed E-state index contributed by atoms with van der Waals surface area (Å²) in [5, 5.41) is 17.7. The standard InChI is InChI=1S/C22H31N5O5S/c1-3-12(2)19(22(31)32)27-18(28)10-25-21(30)17(26-20(29)15(23)11-33)8-13-9-24-16-7-5-4-6-14(13)16/h4-7,9,12,15,17,19,24,33H,3,8,10-11,23H2,1-2H3,(H,25,30)(H,26,29)(H,27,28)(H,31,32). The molecular weight excluding hydrogens is 446 g/mol. The Balaban J connectivity index is 2.10. The van der Waals surface area contributed by atoms with Crippen molar-refractivity contribution in [3.05, 3.63) is 36.0 Å². The zero-order valence-corrected chi connectivity index (χ0v) is 19.5. The van der Waals surface area contributed by atoms with Crippen molar-refractivity contribution in [1.82, 2.24) is 20.9 Å². The number of carboxylic acids is 1. The first-order valence-electron chi connectivity index (χ1n) is 10.7. The van der Waals surface area contributed by atoms with Gasteiger partial charge in [0.25, 0.3) is 0 Å². The van der Waals surface area contributed by atoms with E-state index in [1.54, 1.807) is 13.1 Å². The number of benzene rings is 1. The van der Waals surface area contributed by atoms with Gasteiger partial charge in [0.2, 0.25) is 17.7 Å². The van der Waals surface area contributed by atoms with Crippen LogP contribution in [0.25, 0.3) is 10.9 Å². The Morgan fingerprint density at radius 1 is 1.15 bits per heavy atom. The van der Waals surface area contributed by atoms with Crippen LogP contribution in [0.5, 0.6) is 0 Å². The molecule has 0 aliphatic heterocycles. The van der Waals surface area contributed by atoms with Crippen molar-refractivity contribution in [2.75, 3.05) is 12.3 Å². The molecule has 4 atom stereocenters. The molecular formula is C22H31N5O5S. The minimum atomic E-state index is -1.14. The summed E-state index contributed by atoms with van der Waals surface area (Å²) in [6, 6.07) is 4.57. The predicted molar refractivity (Wildman–Crippen MR) is 128 cm³/mol. The molecule has 0 aliphatic rings. The number of H-pyrrole nitrogens is 1. The Morgan fingerprint density at radius 3 is 2.48 bits per heavy atom. The summed E-state index contributed by atoms with van der Waals surface area (Å²) in [4.78, 5) is 52.0. The van der Waals surface area contributed by atoms with E-state index >= 15 is 0 Å². The Hall–Kier alpha value is -3.05. The third-order valence-corrected chi connectivity index (χ3v) is 5.88. The largest absolute Gasteiger partial charge is 0.480 e. The third-order valence-electron chi connectivity index (χ3n) is 5.48. The van der Waals surface area contributed by atoms with E-state index in [4.69, 9.17) is 5.73 Å². The second-order valence-corrected chi connectivity index (χ2v) is 8.27. The van der Waals surface area contributed by atoms with Crippen molar-refractivity contribution in [3.8, 4) is 0 Å². The molecule has 0 bridgehead atoms. The molecule has 0 fully saturated rings. The fraction of sp³-hybridized carbons (Fsp3) is 0.455. The van der Waals surface area contributed by atoms with E-state index in [2.05, 4.69) is 33.6 Å². The summed E-state index contributed by atoms with van der Waals surface area (Å²) in [5.74, 6) is -3.10. The Labute approximate surface area is 197 Å². The molecule has 1 aromatic carbocycles. The van der Waals surface area contributed by atoms with Crippen LogP contribution < -0.4 is 21.7 Å². The van der Waals surface area contributed by atoms with Crippen molar-refractivity contribution in [3.63, 3.8) is 0 Å². The topological polar surface area (TPSA) is 166 Å². The summed E-state index contributed by atoms with van der Waals surface area (Å²) in [6.07, 6.45) is 2.48. The first-order valence-corrected chi connectivity index (χ1v) is 11.3. The zero-order chi connectivity index (χ0) is 24.5. The van der Waals surface area contributed by atoms with Gasteiger partial charge >= 0.3 is 5.97 Å². The zero-order valence-electron chi connectivity index (χ0n) is 18.6. The molecule has 4 unspecified atom stereocenters. The van der Waals surface area contributed by atoms with Crippen LogP contribution in [0, 0.1) is 5.92 Å². The van der Waals surface area contributed by atoms with Crippen LogP contribution in [0.1, 0.15) is 25.8 Å². The van der Waals surface area contributed by atoms with Gasteiger partial charge in [0.05, 0.1) is 12.6 Å². The fourth-order valence-corrected chi connectivity index (χ4v) is 3.46. The monoisotopic (exact) mass is 477 g/mol. The SMILES string of the molecule is CCC(C)C(NC(=O)CNC(=O)C(Cc1c[nH]c2ccccc12)NC(=O)C(N)CS)C(=O)O. The smallest absolute Gasteiger partial charge is 0.326 e. The molecule has 10 nitrogen and oxygen atoms in total. The van der Waals surface area contributed by atoms with Gasteiger partial charge in [-0.15, -0.1) is 0 Å². The lowest BCUT2D eigenvalue weighted by atomic mass is 9.99. The highest BCUT2D eigenvalue weighted by Gasteiger charge is 2.27. The van der Waals surface area contributed by atoms with Crippen molar-refractivity contribution in [1.29, 1.82) is 0 Å².